The molecule has 1 heterocycles. The van der Waals surface area contributed by atoms with Gasteiger partial charge in [0.05, 0.1) is 13.6 Å². The molecule has 0 unspecified atom stereocenters. The second-order valence-corrected chi connectivity index (χ2v) is 8.35. The SMILES string of the molecule is Cc1n(CCCCCCCCCCCCP(=O)(O)O)cc[n+]1C.[Br-]. The van der Waals surface area contributed by atoms with Crippen molar-refractivity contribution in [1.82, 2.24) is 4.57 Å². The van der Waals surface area contributed by atoms with Crippen LogP contribution in [-0.2, 0) is 18.2 Å². The highest BCUT2D eigenvalue weighted by molar-refractivity contribution is 7.51. The van der Waals surface area contributed by atoms with Gasteiger partial charge < -0.3 is 26.8 Å². The topological polar surface area (TPSA) is 66.3 Å². The first kappa shape index (κ1) is 23.8. The molecule has 1 aromatic heterocycles. The van der Waals surface area contributed by atoms with Gasteiger partial charge in [0.2, 0.25) is 0 Å². The molecule has 0 saturated heterocycles. The maximum atomic E-state index is 10.7. The van der Waals surface area contributed by atoms with E-state index >= 15 is 0 Å². The lowest BCUT2D eigenvalue weighted by molar-refractivity contribution is -0.677. The Hall–Kier alpha value is -0.160. The Bertz CT molecular complexity index is 488. The quantitative estimate of drug-likeness (QED) is 0.278. The van der Waals surface area contributed by atoms with E-state index in [1.807, 2.05) is 0 Å². The molecule has 0 spiro atoms. The molecule has 5 nitrogen and oxygen atoms in total. The molecule has 0 radical (unpaired) electrons. The summed E-state index contributed by atoms with van der Waals surface area (Å²) >= 11 is 0. The van der Waals surface area contributed by atoms with Crippen molar-refractivity contribution in [2.45, 2.75) is 77.7 Å². The lowest BCUT2D eigenvalue weighted by Gasteiger charge is -2.04. The van der Waals surface area contributed by atoms with Crippen LogP contribution >= 0.6 is 7.60 Å². The van der Waals surface area contributed by atoms with Crippen LogP contribution in [0.2, 0.25) is 0 Å². The lowest BCUT2D eigenvalue weighted by atomic mass is 10.1. The number of aromatic nitrogens is 2. The normalized spacial score (nSPS) is 11.5. The van der Waals surface area contributed by atoms with Crippen molar-refractivity contribution in [3.8, 4) is 0 Å². The van der Waals surface area contributed by atoms with Gasteiger partial charge in [0, 0.05) is 13.1 Å². The molecule has 1 rings (SSSR count). The van der Waals surface area contributed by atoms with Gasteiger partial charge in [0.15, 0.2) is 0 Å². The zero-order valence-electron chi connectivity index (χ0n) is 15.2. The number of aryl methyl sites for hydroxylation is 2. The van der Waals surface area contributed by atoms with E-state index in [2.05, 4.69) is 35.5 Å². The number of nitrogens with zero attached hydrogens (tertiary/aromatic N) is 2. The predicted molar refractivity (Wildman–Crippen MR) is 93.4 cm³/mol. The Labute approximate surface area is 157 Å². The van der Waals surface area contributed by atoms with Crippen LogP contribution in [0.3, 0.4) is 0 Å². The molecule has 0 aliphatic carbocycles. The molecule has 0 aliphatic rings. The molecule has 0 aliphatic heterocycles. The molecule has 142 valence electrons. The van der Waals surface area contributed by atoms with Gasteiger partial charge in [-0.1, -0.05) is 44.9 Å². The summed E-state index contributed by atoms with van der Waals surface area (Å²) in [5.41, 5.74) is 0. The molecular weight excluding hydrogens is 391 g/mol. The molecule has 0 aromatic carbocycles. The van der Waals surface area contributed by atoms with Crippen LogP contribution in [0.15, 0.2) is 12.4 Å². The fourth-order valence-electron chi connectivity index (χ4n) is 2.85. The first-order valence-electron chi connectivity index (χ1n) is 8.96. The van der Waals surface area contributed by atoms with Gasteiger partial charge in [-0.2, -0.15) is 0 Å². The summed E-state index contributed by atoms with van der Waals surface area (Å²) in [4.78, 5) is 17.5. The van der Waals surface area contributed by atoms with Gasteiger partial charge in [0.1, 0.15) is 12.4 Å². The van der Waals surface area contributed by atoms with Gasteiger partial charge in [-0.15, -0.1) is 0 Å². The fraction of sp³-hybridized carbons (Fsp3) is 0.824. The zero-order chi connectivity index (χ0) is 17.1. The van der Waals surface area contributed by atoms with E-state index < -0.39 is 7.60 Å². The smallest absolute Gasteiger partial charge is 0.325 e. The number of hydrogen-bond donors (Lipinski definition) is 2. The second-order valence-electron chi connectivity index (χ2n) is 6.57. The summed E-state index contributed by atoms with van der Waals surface area (Å²) in [7, 11) is -1.69. The highest BCUT2D eigenvalue weighted by Crippen LogP contribution is 2.35. The van der Waals surface area contributed by atoms with Crippen LogP contribution in [-0.4, -0.2) is 20.5 Å². The Morgan fingerprint density at radius 1 is 0.958 bits per heavy atom. The summed E-state index contributed by atoms with van der Waals surface area (Å²) < 4.78 is 15.2. The molecule has 1 aromatic rings. The lowest BCUT2D eigenvalue weighted by Crippen LogP contribution is -3.00. The third-order valence-electron chi connectivity index (χ3n) is 4.49. The minimum atomic E-state index is -3.77. The van der Waals surface area contributed by atoms with E-state index in [0.717, 1.165) is 19.4 Å². The summed E-state index contributed by atoms with van der Waals surface area (Å²) in [5, 5.41) is 0. The van der Waals surface area contributed by atoms with Crippen LogP contribution in [0, 0.1) is 6.92 Å². The van der Waals surface area contributed by atoms with Crippen molar-refractivity contribution >= 4 is 7.60 Å². The Morgan fingerprint density at radius 2 is 1.42 bits per heavy atom. The fourth-order valence-corrected chi connectivity index (χ4v) is 3.48. The van der Waals surface area contributed by atoms with E-state index in [0.29, 0.717) is 6.42 Å². The van der Waals surface area contributed by atoms with Gasteiger partial charge in [-0.25, -0.2) is 9.13 Å². The van der Waals surface area contributed by atoms with Crippen LogP contribution in [0.25, 0.3) is 0 Å². The highest BCUT2D eigenvalue weighted by Gasteiger charge is 2.11. The number of unbranched alkanes of at least 4 members (excludes halogenated alkanes) is 9. The average Bonchev–Trinajstić information content (AvgIpc) is 2.79. The summed E-state index contributed by atoms with van der Waals surface area (Å²) in [6.45, 7) is 3.27. The Balaban J connectivity index is 0.00000529. The number of halogens is 1. The third-order valence-corrected chi connectivity index (χ3v) is 5.39. The molecular formula is C17H34BrN2O3P. The summed E-state index contributed by atoms with van der Waals surface area (Å²) in [5.74, 6) is 1.31. The van der Waals surface area contributed by atoms with Crippen molar-refractivity contribution in [2.24, 2.45) is 7.05 Å². The third kappa shape index (κ3) is 11.4. The van der Waals surface area contributed by atoms with Crippen LogP contribution in [0.4, 0.5) is 0 Å². The van der Waals surface area contributed by atoms with Crippen LogP contribution in [0.1, 0.15) is 70.0 Å². The van der Waals surface area contributed by atoms with E-state index in [-0.39, 0.29) is 23.1 Å². The monoisotopic (exact) mass is 424 g/mol. The molecule has 0 fully saturated rings. The largest absolute Gasteiger partial charge is 1.00 e. The standard InChI is InChI=1S/C17H33N2O3P.BrH/c1-17-18(2)14-15-19(17)13-11-9-7-5-3-4-6-8-10-12-16-23(20,21)22;/h14-15H,3-13,16H2,1-2H3,(H-,20,21,22);1H. The molecule has 2 N–H and O–H groups in total. The first-order chi connectivity index (χ1) is 10.9. The minimum absolute atomic E-state index is 0. The minimum Gasteiger partial charge on any atom is -1.00 e. The van der Waals surface area contributed by atoms with Crippen molar-refractivity contribution in [2.75, 3.05) is 6.16 Å². The van der Waals surface area contributed by atoms with Gasteiger partial charge in [0.25, 0.3) is 5.82 Å². The van der Waals surface area contributed by atoms with Gasteiger partial charge in [-0.05, 0) is 19.3 Å². The van der Waals surface area contributed by atoms with Crippen molar-refractivity contribution < 1.29 is 35.9 Å². The number of rotatable bonds is 13. The second kappa shape index (κ2) is 13.1. The predicted octanol–water partition coefficient (Wildman–Crippen LogP) is 0.704. The first-order valence-corrected chi connectivity index (χ1v) is 10.8. The van der Waals surface area contributed by atoms with Crippen molar-refractivity contribution in [3.05, 3.63) is 18.2 Å². The number of imidazole rings is 1. The van der Waals surface area contributed by atoms with E-state index in [4.69, 9.17) is 9.79 Å². The van der Waals surface area contributed by atoms with E-state index in [9.17, 15) is 4.57 Å². The van der Waals surface area contributed by atoms with Crippen LogP contribution < -0.4 is 21.5 Å². The summed E-state index contributed by atoms with van der Waals surface area (Å²) in [6.07, 6.45) is 15.9. The summed E-state index contributed by atoms with van der Waals surface area (Å²) in [6, 6.07) is 0. The highest BCUT2D eigenvalue weighted by atomic mass is 79.9. The van der Waals surface area contributed by atoms with Crippen LogP contribution in [0.5, 0.6) is 0 Å². The average molecular weight is 425 g/mol. The Kier molecular flexibility index (Phi) is 13.0. The van der Waals surface area contributed by atoms with Crippen molar-refractivity contribution in [3.63, 3.8) is 0 Å². The van der Waals surface area contributed by atoms with Crippen molar-refractivity contribution in [1.29, 1.82) is 0 Å². The van der Waals surface area contributed by atoms with Gasteiger partial charge in [-0.3, -0.25) is 4.57 Å². The van der Waals surface area contributed by atoms with E-state index in [1.54, 1.807) is 0 Å². The van der Waals surface area contributed by atoms with E-state index in [1.165, 1.54) is 50.8 Å². The molecule has 0 saturated carbocycles. The molecule has 7 heteroatoms. The molecule has 0 bridgehead atoms. The maximum absolute atomic E-state index is 10.7. The number of hydrogen-bond acceptors (Lipinski definition) is 1. The van der Waals surface area contributed by atoms with Gasteiger partial charge >= 0.3 is 7.60 Å². The maximum Gasteiger partial charge on any atom is 0.325 e. The molecule has 0 amide bonds. The zero-order valence-corrected chi connectivity index (χ0v) is 17.6. The Morgan fingerprint density at radius 3 is 1.83 bits per heavy atom. The molecule has 0 atom stereocenters. The molecule has 24 heavy (non-hydrogen) atoms.